The number of carbonyl (C=O) groups excluding carboxylic acids is 1. The molecule has 0 aromatic carbocycles. The Labute approximate surface area is 204 Å². The monoisotopic (exact) mass is 481 g/mol. The lowest BCUT2D eigenvalue weighted by Gasteiger charge is -2.30. The van der Waals surface area contributed by atoms with Crippen LogP contribution in [-0.4, -0.2) is 37.6 Å². The van der Waals surface area contributed by atoms with Gasteiger partial charge in [-0.2, -0.15) is 0 Å². The molecule has 0 saturated heterocycles. The zero-order valence-corrected chi connectivity index (χ0v) is 20.5. The Morgan fingerprint density at radius 1 is 1.09 bits per heavy atom. The highest BCUT2D eigenvalue weighted by Gasteiger charge is 2.26. The lowest BCUT2D eigenvalue weighted by molar-refractivity contribution is 0.102. The van der Waals surface area contributed by atoms with E-state index in [9.17, 15) is 4.79 Å². The summed E-state index contributed by atoms with van der Waals surface area (Å²) in [5, 5.41) is 15.1. The van der Waals surface area contributed by atoms with Gasteiger partial charge in [-0.25, -0.2) is 14.5 Å². The summed E-state index contributed by atoms with van der Waals surface area (Å²) in [5.41, 5.74) is 2.49. The van der Waals surface area contributed by atoms with Crippen LogP contribution in [0.5, 0.6) is 0 Å². The fourth-order valence-electron chi connectivity index (χ4n) is 4.84. The molecular formula is C25H32ClN7O. The number of hydrogen-bond donors (Lipinski definition) is 3. The van der Waals surface area contributed by atoms with Crippen LogP contribution in [0.1, 0.15) is 69.3 Å². The average molecular weight is 482 g/mol. The van der Waals surface area contributed by atoms with Gasteiger partial charge in [0.05, 0.1) is 11.9 Å². The molecule has 3 aromatic rings. The number of anilines is 3. The van der Waals surface area contributed by atoms with Gasteiger partial charge >= 0.3 is 0 Å². The van der Waals surface area contributed by atoms with Gasteiger partial charge in [-0.1, -0.05) is 25.4 Å². The normalized spacial score (nSPS) is 20.5. The second-order valence-electron chi connectivity index (χ2n) is 10.1. The van der Waals surface area contributed by atoms with E-state index in [1.807, 2.05) is 6.07 Å². The van der Waals surface area contributed by atoms with Crippen molar-refractivity contribution >= 4 is 40.3 Å². The first-order chi connectivity index (χ1) is 16.4. The SMILES string of the molecule is CC(C)CC1CCC(Nc2cc(NC3CC3)c3ncc(C(=O)Nc4ccnc(Cl)c4)n3n2)CC1. The smallest absolute Gasteiger partial charge is 0.276 e. The number of imidazole rings is 1. The van der Waals surface area contributed by atoms with Gasteiger partial charge < -0.3 is 16.0 Å². The number of carbonyl (C=O) groups is 1. The predicted octanol–water partition coefficient (Wildman–Crippen LogP) is 5.62. The Hall–Kier alpha value is -2.87. The second kappa shape index (κ2) is 9.78. The van der Waals surface area contributed by atoms with Crippen molar-refractivity contribution < 1.29 is 4.79 Å². The van der Waals surface area contributed by atoms with Gasteiger partial charge in [0.25, 0.3) is 5.91 Å². The van der Waals surface area contributed by atoms with Crippen LogP contribution in [0.2, 0.25) is 5.15 Å². The Kier molecular flexibility index (Phi) is 6.59. The van der Waals surface area contributed by atoms with Gasteiger partial charge in [0.1, 0.15) is 11.0 Å². The van der Waals surface area contributed by atoms with Crippen molar-refractivity contribution in [2.24, 2.45) is 11.8 Å². The maximum Gasteiger partial charge on any atom is 0.276 e. The van der Waals surface area contributed by atoms with Gasteiger partial charge in [-0.15, -0.1) is 5.10 Å². The number of rotatable bonds is 8. The largest absolute Gasteiger partial charge is 0.379 e. The van der Waals surface area contributed by atoms with E-state index in [2.05, 4.69) is 39.8 Å². The standard InChI is InChI=1S/C25H32ClN7O/c1-15(2)11-16-3-5-18(6-4-16)30-23-13-20(29-17-7-8-17)24-28-14-21(33(24)32-23)25(34)31-19-9-10-27-22(26)12-19/h9-10,12-18,29H,3-8,11H2,1-2H3,(H,30,32)(H,27,31,34). The number of amides is 1. The summed E-state index contributed by atoms with van der Waals surface area (Å²) < 4.78 is 1.63. The predicted molar refractivity (Wildman–Crippen MR) is 136 cm³/mol. The van der Waals surface area contributed by atoms with Crippen LogP contribution in [0.3, 0.4) is 0 Å². The molecule has 0 atom stereocenters. The Morgan fingerprint density at radius 3 is 2.53 bits per heavy atom. The van der Waals surface area contributed by atoms with Gasteiger partial charge in [0, 0.05) is 30.0 Å². The molecule has 0 radical (unpaired) electrons. The number of nitrogens with one attached hydrogen (secondary N) is 3. The third-order valence-electron chi connectivity index (χ3n) is 6.63. The molecule has 3 heterocycles. The van der Waals surface area contributed by atoms with E-state index >= 15 is 0 Å². The Bertz CT molecular complexity index is 1170. The molecule has 3 N–H and O–H groups in total. The van der Waals surface area contributed by atoms with E-state index in [0.717, 1.165) is 49.0 Å². The highest BCUT2D eigenvalue weighted by Crippen LogP contribution is 2.32. The van der Waals surface area contributed by atoms with Crippen molar-refractivity contribution in [2.45, 2.75) is 70.9 Å². The Morgan fingerprint density at radius 2 is 1.82 bits per heavy atom. The number of nitrogens with zero attached hydrogens (tertiary/aromatic N) is 4. The van der Waals surface area contributed by atoms with Crippen LogP contribution in [0, 0.1) is 11.8 Å². The number of fused-ring (bicyclic) bond motifs is 1. The van der Waals surface area contributed by atoms with E-state index in [1.165, 1.54) is 19.3 Å². The van der Waals surface area contributed by atoms with E-state index < -0.39 is 0 Å². The van der Waals surface area contributed by atoms with Crippen molar-refractivity contribution in [2.75, 3.05) is 16.0 Å². The summed E-state index contributed by atoms with van der Waals surface area (Å²) in [5.74, 6) is 2.04. The minimum absolute atomic E-state index is 0.300. The molecular weight excluding hydrogens is 450 g/mol. The van der Waals surface area contributed by atoms with E-state index in [1.54, 1.807) is 29.0 Å². The highest BCUT2D eigenvalue weighted by atomic mass is 35.5. The van der Waals surface area contributed by atoms with Crippen molar-refractivity contribution in [3.63, 3.8) is 0 Å². The minimum Gasteiger partial charge on any atom is -0.379 e. The molecule has 5 rings (SSSR count). The molecule has 8 nitrogen and oxygen atoms in total. The van der Waals surface area contributed by atoms with Crippen LogP contribution in [-0.2, 0) is 0 Å². The lowest BCUT2D eigenvalue weighted by Crippen LogP contribution is -2.27. The number of halogens is 1. The van der Waals surface area contributed by atoms with Gasteiger partial charge in [0.15, 0.2) is 11.3 Å². The van der Waals surface area contributed by atoms with Crippen LogP contribution >= 0.6 is 11.6 Å². The molecule has 2 saturated carbocycles. The van der Waals surface area contributed by atoms with E-state index in [0.29, 0.717) is 34.3 Å². The summed E-state index contributed by atoms with van der Waals surface area (Å²) in [7, 11) is 0. The zero-order chi connectivity index (χ0) is 23.7. The van der Waals surface area contributed by atoms with Gasteiger partial charge in [0.2, 0.25) is 0 Å². The first-order valence-corrected chi connectivity index (χ1v) is 12.7. The quantitative estimate of drug-likeness (QED) is 0.361. The molecule has 0 bridgehead atoms. The maximum absolute atomic E-state index is 13.1. The van der Waals surface area contributed by atoms with Crippen LogP contribution in [0.15, 0.2) is 30.6 Å². The average Bonchev–Trinajstić information content (AvgIpc) is 3.50. The van der Waals surface area contributed by atoms with Crippen LogP contribution < -0.4 is 16.0 Å². The van der Waals surface area contributed by atoms with Gasteiger partial charge in [-0.05, 0) is 68.9 Å². The summed E-state index contributed by atoms with van der Waals surface area (Å²) in [6.45, 7) is 4.61. The highest BCUT2D eigenvalue weighted by molar-refractivity contribution is 6.29. The molecule has 0 aliphatic heterocycles. The summed E-state index contributed by atoms with van der Waals surface area (Å²) >= 11 is 5.96. The van der Waals surface area contributed by atoms with Gasteiger partial charge in [-0.3, -0.25) is 4.79 Å². The van der Waals surface area contributed by atoms with Crippen molar-refractivity contribution in [3.8, 4) is 0 Å². The molecule has 0 unspecified atom stereocenters. The number of aromatic nitrogens is 4. The molecule has 2 fully saturated rings. The van der Waals surface area contributed by atoms with Crippen molar-refractivity contribution in [1.82, 2.24) is 19.6 Å². The molecule has 180 valence electrons. The molecule has 2 aliphatic carbocycles. The third kappa shape index (κ3) is 5.43. The van der Waals surface area contributed by atoms with E-state index in [4.69, 9.17) is 16.7 Å². The zero-order valence-electron chi connectivity index (χ0n) is 19.7. The maximum atomic E-state index is 13.1. The summed E-state index contributed by atoms with van der Waals surface area (Å²) in [6, 6.07) is 6.19. The van der Waals surface area contributed by atoms with Crippen LogP contribution in [0.4, 0.5) is 17.2 Å². The summed E-state index contributed by atoms with van der Waals surface area (Å²) in [6.07, 6.45) is 11.5. The minimum atomic E-state index is -0.300. The molecule has 0 spiro atoms. The molecule has 3 aromatic heterocycles. The Balaban J connectivity index is 1.37. The van der Waals surface area contributed by atoms with Crippen molar-refractivity contribution in [1.29, 1.82) is 0 Å². The first-order valence-electron chi connectivity index (χ1n) is 12.3. The number of hydrogen-bond acceptors (Lipinski definition) is 6. The third-order valence-corrected chi connectivity index (χ3v) is 6.83. The lowest BCUT2D eigenvalue weighted by atomic mass is 9.81. The second-order valence-corrected chi connectivity index (χ2v) is 10.4. The number of pyridine rings is 1. The molecule has 34 heavy (non-hydrogen) atoms. The molecule has 9 heteroatoms. The molecule has 2 aliphatic rings. The van der Waals surface area contributed by atoms with Crippen molar-refractivity contribution in [3.05, 3.63) is 41.4 Å². The topological polar surface area (TPSA) is 96.2 Å². The first kappa shape index (κ1) is 22.9. The van der Waals surface area contributed by atoms with Crippen LogP contribution in [0.25, 0.3) is 5.65 Å². The molecule has 1 amide bonds. The summed E-state index contributed by atoms with van der Waals surface area (Å²) in [4.78, 5) is 21.5. The fraction of sp³-hybridized carbons (Fsp3) is 0.520. The van der Waals surface area contributed by atoms with E-state index in [-0.39, 0.29) is 5.91 Å². The fourth-order valence-corrected chi connectivity index (χ4v) is 5.02.